The maximum atomic E-state index is 13.5. The fourth-order valence-electron chi connectivity index (χ4n) is 1.48. The molecule has 1 heterocycles. The molecule has 98 valence electrons. The number of amides is 1. The van der Waals surface area contributed by atoms with Crippen LogP contribution in [0.15, 0.2) is 41.1 Å². The number of anilines is 1. The third-order valence-electron chi connectivity index (χ3n) is 2.38. The number of pyridine rings is 1. The highest BCUT2D eigenvalue weighted by molar-refractivity contribution is 9.10. The van der Waals surface area contributed by atoms with Crippen molar-refractivity contribution in [3.05, 3.63) is 52.5 Å². The molecule has 0 aliphatic heterocycles. The normalized spacial score (nSPS) is 10.1. The molecular weight excluding hydrogens is 315 g/mol. The monoisotopic (exact) mass is 324 g/mol. The topological polar surface area (TPSA) is 51.2 Å². The predicted octanol–water partition coefficient (Wildman–Crippen LogP) is 3.24. The van der Waals surface area contributed by atoms with E-state index in [1.54, 1.807) is 18.3 Å². The molecule has 0 saturated carbocycles. The Hall–Kier alpha value is -1.95. The fourth-order valence-corrected chi connectivity index (χ4v) is 1.85. The van der Waals surface area contributed by atoms with E-state index in [1.807, 2.05) is 0 Å². The number of rotatable bonds is 3. The molecule has 2 rings (SSSR count). The van der Waals surface area contributed by atoms with Crippen LogP contribution in [-0.2, 0) is 0 Å². The van der Waals surface area contributed by atoms with Crippen LogP contribution in [0.3, 0.4) is 0 Å². The van der Waals surface area contributed by atoms with Crippen LogP contribution in [0.1, 0.15) is 10.4 Å². The highest BCUT2D eigenvalue weighted by Gasteiger charge is 2.09. The van der Waals surface area contributed by atoms with E-state index in [-0.39, 0.29) is 11.7 Å². The minimum absolute atomic E-state index is 0.127. The number of ether oxygens (including phenoxy) is 1. The van der Waals surface area contributed by atoms with Crippen molar-refractivity contribution in [2.75, 3.05) is 12.4 Å². The Labute approximate surface area is 117 Å². The zero-order chi connectivity index (χ0) is 13.8. The van der Waals surface area contributed by atoms with Gasteiger partial charge in [-0.05, 0) is 34.1 Å². The van der Waals surface area contributed by atoms with Crippen LogP contribution in [0.25, 0.3) is 0 Å². The highest BCUT2D eigenvalue weighted by atomic mass is 79.9. The lowest BCUT2D eigenvalue weighted by atomic mass is 10.2. The van der Waals surface area contributed by atoms with Gasteiger partial charge in [-0.15, -0.1) is 0 Å². The first-order valence-corrected chi connectivity index (χ1v) is 6.15. The SMILES string of the molecule is COc1ccc(NC(=O)c2cncc(Br)c2)cc1F. The second-order valence-electron chi connectivity index (χ2n) is 3.70. The largest absolute Gasteiger partial charge is 0.494 e. The van der Waals surface area contributed by atoms with Crippen molar-refractivity contribution in [1.29, 1.82) is 0 Å². The predicted molar refractivity (Wildman–Crippen MR) is 72.8 cm³/mol. The van der Waals surface area contributed by atoms with Gasteiger partial charge in [-0.1, -0.05) is 0 Å². The summed E-state index contributed by atoms with van der Waals surface area (Å²) in [6.45, 7) is 0. The molecule has 1 amide bonds. The van der Waals surface area contributed by atoms with E-state index in [9.17, 15) is 9.18 Å². The smallest absolute Gasteiger partial charge is 0.257 e. The summed E-state index contributed by atoms with van der Waals surface area (Å²) in [5, 5.41) is 2.58. The standard InChI is InChI=1S/C13H10BrFN2O2/c1-19-12-3-2-10(5-11(12)15)17-13(18)8-4-9(14)7-16-6-8/h2-7H,1H3,(H,17,18). The molecular formula is C13H10BrFN2O2. The molecule has 1 N–H and O–H groups in total. The Balaban J connectivity index is 2.17. The van der Waals surface area contributed by atoms with E-state index < -0.39 is 5.82 Å². The molecule has 0 fully saturated rings. The number of carbonyl (C=O) groups is 1. The Morgan fingerprint density at radius 2 is 2.16 bits per heavy atom. The quantitative estimate of drug-likeness (QED) is 0.942. The summed E-state index contributed by atoms with van der Waals surface area (Å²) in [4.78, 5) is 15.8. The van der Waals surface area contributed by atoms with Gasteiger partial charge >= 0.3 is 0 Å². The molecule has 0 saturated heterocycles. The lowest BCUT2D eigenvalue weighted by Crippen LogP contribution is -2.12. The van der Waals surface area contributed by atoms with E-state index in [1.165, 1.54) is 25.4 Å². The number of aromatic nitrogens is 1. The molecule has 0 aliphatic carbocycles. The van der Waals surface area contributed by atoms with Gasteiger partial charge in [0.25, 0.3) is 5.91 Å². The minimum atomic E-state index is -0.535. The van der Waals surface area contributed by atoms with E-state index in [4.69, 9.17) is 4.74 Å². The number of hydrogen-bond donors (Lipinski definition) is 1. The van der Waals surface area contributed by atoms with Gasteiger partial charge in [0, 0.05) is 28.6 Å². The van der Waals surface area contributed by atoms with Crippen molar-refractivity contribution >= 4 is 27.5 Å². The van der Waals surface area contributed by atoms with Crippen LogP contribution in [-0.4, -0.2) is 18.0 Å². The van der Waals surface area contributed by atoms with Crippen LogP contribution >= 0.6 is 15.9 Å². The van der Waals surface area contributed by atoms with Crippen molar-refractivity contribution in [2.24, 2.45) is 0 Å². The maximum Gasteiger partial charge on any atom is 0.257 e. The Bertz CT molecular complexity index is 619. The summed E-state index contributed by atoms with van der Waals surface area (Å²) in [5.41, 5.74) is 0.730. The van der Waals surface area contributed by atoms with Crippen LogP contribution in [0.5, 0.6) is 5.75 Å². The summed E-state index contributed by atoms with van der Waals surface area (Å²) in [6, 6.07) is 5.83. The van der Waals surface area contributed by atoms with Crippen molar-refractivity contribution in [2.45, 2.75) is 0 Å². The molecule has 0 bridgehead atoms. The van der Waals surface area contributed by atoms with Gasteiger partial charge in [-0.25, -0.2) is 4.39 Å². The van der Waals surface area contributed by atoms with Crippen LogP contribution in [0.4, 0.5) is 10.1 Å². The van der Waals surface area contributed by atoms with Crippen LogP contribution in [0.2, 0.25) is 0 Å². The molecule has 6 heteroatoms. The lowest BCUT2D eigenvalue weighted by molar-refractivity contribution is 0.102. The first-order chi connectivity index (χ1) is 9.10. The minimum Gasteiger partial charge on any atom is -0.494 e. The van der Waals surface area contributed by atoms with Gasteiger partial charge in [0.2, 0.25) is 0 Å². The summed E-state index contributed by atoms with van der Waals surface area (Å²) >= 11 is 3.23. The first kappa shape index (κ1) is 13.5. The number of hydrogen-bond acceptors (Lipinski definition) is 3. The number of carbonyl (C=O) groups excluding carboxylic acids is 1. The number of methoxy groups -OCH3 is 1. The van der Waals surface area contributed by atoms with Gasteiger partial charge < -0.3 is 10.1 Å². The van der Waals surface area contributed by atoms with Crippen LogP contribution < -0.4 is 10.1 Å². The third-order valence-corrected chi connectivity index (χ3v) is 2.81. The Morgan fingerprint density at radius 3 is 2.79 bits per heavy atom. The Morgan fingerprint density at radius 1 is 1.37 bits per heavy atom. The first-order valence-electron chi connectivity index (χ1n) is 5.35. The van der Waals surface area contributed by atoms with E-state index in [2.05, 4.69) is 26.2 Å². The molecule has 0 aliphatic rings. The molecule has 1 aromatic carbocycles. The lowest BCUT2D eigenvalue weighted by Gasteiger charge is -2.07. The molecule has 0 spiro atoms. The third kappa shape index (κ3) is 3.29. The van der Waals surface area contributed by atoms with Crippen molar-refractivity contribution in [1.82, 2.24) is 4.98 Å². The van der Waals surface area contributed by atoms with Crippen LogP contribution in [0, 0.1) is 5.82 Å². The van der Waals surface area contributed by atoms with Gasteiger partial charge in [0.15, 0.2) is 11.6 Å². The zero-order valence-electron chi connectivity index (χ0n) is 9.98. The summed E-state index contributed by atoms with van der Waals surface area (Å²) in [7, 11) is 1.38. The van der Waals surface area contributed by atoms with Gasteiger partial charge in [0.05, 0.1) is 12.7 Å². The zero-order valence-corrected chi connectivity index (χ0v) is 11.6. The van der Waals surface area contributed by atoms with Gasteiger partial charge in [0.1, 0.15) is 0 Å². The second-order valence-corrected chi connectivity index (χ2v) is 4.61. The van der Waals surface area contributed by atoms with E-state index in [0.29, 0.717) is 15.7 Å². The van der Waals surface area contributed by atoms with Gasteiger partial charge in [-0.3, -0.25) is 9.78 Å². The number of nitrogens with one attached hydrogen (secondary N) is 1. The van der Waals surface area contributed by atoms with Crippen molar-refractivity contribution in [3.63, 3.8) is 0 Å². The number of halogens is 2. The van der Waals surface area contributed by atoms with Crippen molar-refractivity contribution in [3.8, 4) is 5.75 Å². The molecule has 0 unspecified atom stereocenters. The molecule has 0 radical (unpaired) electrons. The summed E-state index contributed by atoms with van der Waals surface area (Å²) in [5.74, 6) is -0.770. The average molecular weight is 325 g/mol. The maximum absolute atomic E-state index is 13.5. The fraction of sp³-hybridized carbons (Fsp3) is 0.0769. The number of benzene rings is 1. The van der Waals surface area contributed by atoms with E-state index >= 15 is 0 Å². The summed E-state index contributed by atoms with van der Waals surface area (Å²) in [6.07, 6.45) is 3.00. The highest BCUT2D eigenvalue weighted by Crippen LogP contribution is 2.21. The van der Waals surface area contributed by atoms with Crippen molar-refractivity contribution < 1.29 is 13.9 Å². The van der Waals surface area contributed by atoms with Gasteiger partial charge in [-0.2, -0.15) is 0 Å². The molecule has 1 aromatic heterocycles. The Kier molecular flexibility index (Phi) is 4.11. The summed E-state index contributed by atoms with van der Waals surface area (Å²) < 4.78 is 19.0. The molecule has 2 aromatic rings. The second kappa shape index (κ2) is 5.79. The number of nitrogens with zero attached hydrogens (tertiary/aromatic N) is 1. The molecule has 0 atom stereocenters. The molecule has 4 nitrogen and oxygen atoms in total. The molecule has 19 heavy (non-hydrogen) atoms. The van der Waals surface area contributed by atoms with E-state index in [0.717, 1.165) is 0 Å². The average Bonchev–Trinajstić information content (AvgIpc) is 2.39.